The first kappa shape index (κ1) is 39.7. The Bertz CT molecular complexity index is 1070. The van der Waals surface area contributed by atoms with Crippen LogP contribution >= 0.6 is 47.2 Å². The van der Waals surface area contributed by atoms with E-state index >= 15 is 0 Å². The summed E-state index contributed by atoms with van der Waals surface area (Å²) in [6.45, 7) is 19.0. The number of rotatable bonds is 7. The van der Waals surface area contributed by atoms with Crippen molar-refractivity contribution in [1.29, 1.82) is 0 Å². The number of allylic oxidation sites excluding steroid dienone is 2. The molecule has 9 unspecified atom stereocenters. The summed E-state index contributed by atoms with van der Waals surface area (Å²) in [7, 11) is 0. The number of hydrogen-bond donors (Lipinski definition) is 3. The molecule has 0 spiro atoms. The lowest BCUT2D eigenvalue weighted by molar-refractivity contribution is -0.218. The van der Waals surface area contributed by atoms with Crippen LogP contribution in [0.4, 0.5) is 0 Å². The molecule has 5 nitrogen and oxygen atoms in total. The maximum atomic E-state index is 12.8. The van der Waals surface area contributed by atoms with Crippen molar-refractivity contribution >= 4 is 53.2 Å². The van der Waals surface area contributed by atoms with Crippen LogP contribution in [0.15, 0.2) is 11.6 Å². The van der Waals surface area contributed by atoms with Gasteiger partial charge in [0, 0.05) is 37.3 Å². The lowest BCUT2D eigenvalue weighted by atomic mass is 9.33. The van der Waals surface area contributed by atoms with E-state index in [9.17, 15) is 20.1 Å². The van der Waals surface area contributed by atoms with Crippen molar-refractivity contribution < 1.29 is 20.1 Å². The van der Waals surface area contributed by atoms with Crippen LogP contribution in [0.25, 0.3) is 0 Å². The van der Waals surface area contributed by atoms with Crippen molar-refractivity contribution in [2.45, 2.75) is 118 Å². The number of aliphatic hydroxyl groups is 2. The minimum absolute atomic E-state index is 0. The van der Waals surface area contributed by atoms with Gasteiger partial charge >= 0.3 is 5.97 Å². The molecule has 0 amide bonds. The number of fused-ring (bicyclic) bond motifs is 7. The van der Waals surface area contributed by atoms with E-state index < -0.39 is 17.5 Å². The number of halogens is 4. The summed E-state index contributed by atoms with van der Waals surface area (Å²) in [5.74, 6) is 2.03. The zero-order valence-corrected chi connectivity index (χ0v) is 31.9. The molecule has 0 aromatic rings. The summed E-state index contributed by atoms with van der Waals surface area (Å²) in [6.07, 6.45) is 9.35. The Hall–Kier alpha value is 0.250. The second-order valence-electron chi connectivity index (χ2n) is 17.1. The number of nitrogens with zero attached hydrogens (tertiary/aromatic N) is 1. The normalized spacial score (nSPS) is 42.8. The highest BCUT2D eigenvalue weighted by Crippen LogP contribution is 2.75. The fraction of sp³-hybridized carbons (Fsp3) is 0.917. The molecule has 5 aliphatic carbocycles. The average molecular weight is 714 g/mol. The van der Waals surface area contributed by atoms with E-state index in [4.69, 9.17) is 34.8 Å². The van der Waals surface area contributed by atoms with E-state index in [0.29, 0.717) is 42.3 Å². The zero-order chi connectivity index (χ0) is 32.9. The van der Waals surface area contributed by atoms with Gasteiger partial charge in [0.05, 0.1) is 12.2 Å². The molecule has 0 aromatic heterocycles. The minimum Gasteiger partial charge on any atom is -0.481 e. The van der Waals surface area contributed by atoms with Gasteiger partial charge in [-0.15, -0.1) is 47.2 Å². The number of carboxylic acid groups (broad SMARTS) is 1. The van der Waals surface area contributed by atoms with E-state index in [1.807, 2.05) is 0 Å². The quantitative estimate of drug-likeness (QED) is 0.182. The number of alkyl halides is 3. The van der Waals surface area contributed by atoms with Crippen LogP contribution in [0.1, 0.15) is 106 Å². The monoisotopic (exact) mass is 711 g/mol. The number of carboxylic acids is 1. The molecule has 4 saturated carbocycles. The van der Waals surface area contributed by atoms with Crippen molar-refractivity contribution in [2.75, 3.05) is 37.3 Å². The molecule has 3 N–H and O–H groups in total. The molecule has 0 aromatic carbocycles. The summed E-state index contributed by atoms with van der Waals surface area (Å²) in [6, 6.07) is 0. The molecule has 0 bridgehead atoms. The van der Waals surface area contributed by atoms with Gasteiger partial charge in [0.15, 0.2) is 0 Å². The van der Waals surface area contributed by atoms with Crippen molar-refractivity contribution in [3.63, 3.8) is 0 Å². The lowest BCUT2D eigenvalue weighted by Crippen LogP contribution is -2.67. The molecule has 0 saturated heterocycles. The minimum atomic E-state index is -1.04. The highest BCUT2D eigenvalue weighted by molar-refractivity contribution is 6.18. The largest absolute Gasteiger partial charge is 0.481 e. The number of hydrogen-bond acceptors (Lipinski definition) is 4. The smallest absolute Gasteiger partial charge is 0.312 e. The number of aliphatic hydroxyl groups excluding tert-OH is 2. The molecule has 4 fully saturated rings. The summed E-state index contributed by atoms with van der Waals surface area (Å²) in [5.41, 5.74) is 0.295. The van der Waals surface area contributed by atoms with Gasteiger partial charge in [-0.2, -0.15) is 0 Å². The Balaban J connectivity index is 0.000000436. The maximum absolute atomic E-state index is 12.8. The van der Waals surface area contributed by atoms with Gasteiger partial charge in [-0.05, 0) is 103 Å². The van der Waals surface area contributed by atoms with Gasteiger partial charge in [-0.1, -0.05) is 60.1 Å². The first-order valence-corrected chi connectivity index (χ1v) is 18.7. The molecule has 45 heavy (non-hydrogen) atoms. The molecule has 0 aliphatic heterocycles. The van der Waals surface area contributed by atoms with Crippen LogP contribution in [-0.2, 0) is 4.79 Å². The molecule has 5 aliphatic rings. The first-order valence-electron chi connectivity index (χ1n) is 17.1. The van der Waals surface area contributed by atoms with Gasteiger partial charge in [0.25, 0.3) is 0 Å². The maximum Gasteiger partial charge on any atom is 0.312 e. The Morgan fingerprint density at radius 3 is 1.93 bits per heavy atom. The van der Waals surface area contributed by atoms with Gasteiger partial charge in [0.2, 0.25) is 0 Å². The van der Waals surface area contributed by atoms with Crippen molar-refractivity contribution in [3.8, 4) is 0 Å². The van der Waals surface area contributed by atoms with Crippen LogP contribution in [-0.4, -0.2) is 75.7 Å². The lowest BCUT2D eigenvalue weighted by Gasteiger charge is -2.71. The average Bonchev–Trinajstić information content (AvgIpc) is 2.92. The van der Waals surface area contributed by atoms with Crippen LogP contribution in [0, 0.1) is 50.2 Å². The summed E-state index contributed by atoms with van der Waals surface area (Å²) in [5, 5.41) is 33.1. The van der Waals surface area contributed by atoms with Crippen molar-refractivity contribution in [2.24, 2.45) is 50.2 Å². The van der Waals surface area contributed by atoms with Gasteiger partial charge in [-0.3, -0.25) is 9.69 Å². The highest BCUT2D eigenvalue weighted by Gasteiger charge is 2.71. The third kappa shape index (κ3) is 6.50. The molecule has 9 heteroatoms. The standard InChI is InChI=1S/C30H48O4.C6H12Cl3N.ClH/c1-25(2)14-15-30(24(33)34)19(16-25)18-8-9-21-27(5)12-11-22(31)26(3,4)20(27)10-13-28(21,6)29(18,7)17-23(30)32;7-1-4-10(5-2-8)6-3-9;/h8,19-23,31-32H,9-17H2,1-7H3,(H,33,34);1-6H2;1H. The molecular weight excluding hydrogens is 652 g/mol. The van der Waals surface area contributed by atoms with Crippen LogP contribution in [0.5, 0.6) is 0 Å². The number of aliphatic carboxylic acids is 1. The van der Waals surface area contributed by atoms with Gasteiger partial charge in [-0.25, -0.2) is 0 Å². The predicted molar refractivity (Wildman–Crippen MR) is 190 cm³/mol. The fourth-order valence-corrected chi connectivity index (χ4v) is 12.1. The third-order valence-electron chi connectivity index (χ3n) is 14.3. The van der Waals surface area contributed by atoms with Crippen LogP contribution in [0.3, 0.4) is 0 Å². The predicted octanol–water partition coefficient (Wildman–Crippen LogP) is 8.63. The zero-order valence-electron chi connectivity index (χ0n) is 28.8. The molecule has 5 rings (SSSR count). The summed E-state index contributed by atoms with van der Waals surface area (Å²) < 4.78 is 0. The molecule has 262 valence electrons. The van der Waals surface area contributed by atoms with Gasteiger partial charge < -0.3 is 15.3 Å². The van der Waals surface area contributed by atoms with Crippen molar-refractivity contribution in [3.05, 3.63) is 11.6 Å². The van der Waals surface area contributed by atoms with E-state index in [1.54, 1.807) is 0 Å². The SMILES string of the molecule is CC1(C)CCC2(C(=O)O)C(O)CC3(C)C(=CCC4C5(C)CCC(O)C(C)(C)C5CCC43C)C2C1.Cl.ClCCN(CCCl)CCCl. The second kappa shape index (κ2) is 14.2. The van der Waals surface area contributed by atoms with Crippen molar-refractivity contribution in [1.82, 2.24) is 4.90 Å². The van der Waals surface area contributed by atoms with Crippen LogP contribution < -0.4 is 0 Å². The highest BCUT2D eigenvalue weighted by atomic mass is 35.5. The van der Waals surface area contributed by atoms with E-state index in [2.05, 4.69) is 59.4 Å². The van der Waals surface area contributed by atoms with E-state index in [0.717, 1.165) is 64.6 Å². The number of carbonyl (C=O) groups is 1. The Morgan fingerprint density at radius 1 is 0.822 bits per heavy atom. The Labute approximate surface area is 294 Å². The Morgan fingerprint density at radius 2 is 1.40 bits per heavy atom. The molecule has 9 atom stereocenters. The summed E-state index contributed by atoms with van der Waals surface area (Å²) in [4.78, 5) is 14.9. The van der Waals surface area contributed by atoms with E-state index in [-0.39, 0.29) is 51.5 Å². The Kier molecular flexibility index (Phi) is 12.6. The molecule has 0 radical (unpaired) electrons. The first-order chi connectivity index (χ1) is 20.4. The third-order valence-corrected chi connectivity index (χ3v) is 14.8. The molecular formula is C36H61Cl4NO4. The fourth-order valence-electron chi connectivity index (χ4n) is 11.4. The van der Waals surface area contributed by atoms with Crippen LogP contribution in [0.2, 0.25) is 0 Å². The summed E-state index contributed by atoms with van der Waals surface area (Å²) >= 11 is 16.6. The second-order valence-corrected chi connectivity index (χ2v) is 18.2. The van der Waals surface area contributed by atoms with Gasteiger partial charge in [0.1, 0.15) is 5.41 Å². The topological polar surface area (TPSA) is 81.0 Å². The van der Waals surface area contributed by atoms with E-state index in [1.165, 1.54) is 5.57 Å². The molecule has 0 heterocycles.